The van der Waals surface area contributed by atoms with E-state index < -0.39 is 35.9 Å². The maximum Gasteiger partial charge on any atom is 0.396 e. The number of benzene rings is 1. The van der Waals surface area contributed by atoms with Crippen LogP contribution in [0.2, 0.25) is 0 Å². The van der Waals surface area contributed by atoms with Gasteiger partial charge in [0, 0.05) is 10.0 Å². The molecule has 1 rings (SSSR count). The van der Waals surface area contributed by atoms with E-state index in [1.54, 1.807) is 0 Å². The molecule has 0 aliphatic rings. The van der Waals surface area contributed by atoms with Crippen molar-refractivity contribution in [3.8, 4) is 0 Å². The van der Waals surface area contributed by atoms with Crippen molar-refractivity contribution in [2.24, 2.45) is 0 Å². The topological polar surface area (TPSA) is 37.3 Å². The standard InChI is InChI=1S/C10H7BrF4O2/c11-5-1-2-8(12)6(3-5)7(4-9(16)17)10(13,14)15/h1-3,7H,4H2,(H,16,17). The smallest absolute Gasteiger partial charge is 0.396 e. The quantitative estimate of drug-likeness (QED) is 0.864. The fourth-order valence-electron chi connectivity index (χ4n) is 1.36. The van der Waals surface area contributed by atoms with Crippen LogP contribution in [0, 0.1) is 5.82 Å². The molecule has 2 nitrogen and oxygen atoms in total. The summed E-state index contributed by atoms with van der Waals surface area (Å²) in [5, 5.41) is 8.43. The monoisotopic (exact) mass is 314 g/mol. The number of hydrogen-bond donors (Lipinski definition) is 1. The van der Waals surface area contributed by atoms with Gasteiger partial charge in [-0.05, 0) is 18.2 Å². The van der Waals surface area contributed by atoms with E-state index in [9.17, 15) is 22.4 Å². The highest BCUT2D eigenvalue weighted by Gasteiger charge is 2.43. The van der Waals surface area contributed by atoms with Crippen molar-refractivity contribution >= 4 is 21.9 Å². The molecule has 0 radical (unpaired) electrons. The zero-order valence-corrected chi connectivity index (χ0v) is 9.85. The zero-order valence-electron chi connectivity index (χ0n) is 8.26. The Morgan fingerprint density at radius 1 is 1.41 bits per heavy atom. The first-order chi connectivity index (χ1) is 7.71. The Kier molecular flexibility index (Phi) is 4.13. The van der Waals surface area contributed by atoms with E-state index in [4.69, 9.17) is 5.11 Å². The summed E-state index contributed by atoms with van der Waals surface area (Å²) in [6.45, 7) is 0. The molecule has 1 unspecified atom stereocenters. The molecular weight excluding hydrogens is 308 g/mol. The summed E-state index contributed by atoms with van der Waals surface area (Å²) in [5.41, 5.74) is -0.672. The molecular formula is C10H7BrF4O2. The number of carboxylic acids is 1. The number of carbonyl (C=O) groups is 1. The molecule has 7 heteroatoms. The molecule has 17 heavy (non-hydrogen) atoms. The van der Waals surface area contributed by atoms with Crippen molar-refractivity contribution in [3.05, 3.63) is 34.1 Å². The molecule has 0 aliphatic heterocycles. The number of alkyl halides is 3. The van der Waals surface area contributed by atoms with Crippen molar-refractivity contribution in [1.29, 1.82) is 0 Å². The summed E-state index contributed by atoms with van der Waals surface area (Å²) in [5.74, 6) is -5.05. The van der Waals surface area contributed by atoms with Gasteiger partial charge in [-0.25, -0.2) is 4.39 Å². The molecule has 1 aromatic carbocycles. The highest BCUT2D eigenvalue weighted by molar-refractivity contribution is 9.10. The molecule has 0 spiro atoms. The maximum absolute atomic E-state index is 13.3. The van der Waals surface area contributed by atoms with Crippen LogP contribution in [0.5, 0.6) is 0 Å². The Bertz CT molecular complexity index is 431. The Hall–Kier alpha value is -1.11. The van der Waals surface area contributed by atoms with Gasteiger partial charge in [0.25, 0.3) is 0 Å². The average Bonchev–Trinajstić information content (AvgIpc) is 2.16. The molecule has 1 N–H and O–H groups in total. The number of hydrogen-bond acceptors (Lipinski definition) is 1. The molecule has 0 amide bonds. The molecule has 0 aromatic heterocycles. The van der Waals surface area contributed by atoms with Crippen molar-refractivity contribution in [3.63, 3.8) is 0 Å². The lowest BCUT2D eigenvalue weighted by molar-refractivity contribution is -0.163. The van der Waals surface area contributed by atoms with Crippen LogP contribution >= 0.6 is 15.9 Å². The Labute approximate surface area is 102 Å². The van der Waals surface area contributed by atoms with Crippen molar-refractivity contribution in [2.75, 3.05) is 0 Å². The number of halogens is 5. The van der Waals surface area contributed by atoms with Crippen LogP contribution in [0.1, 0.15) is 17.9 Å². The highest BCUT2D eigenvalue weighted by Crippen LogP contribution is 2.39. The van der Waals surface area contributed by atoms with Gasteiger partial charge in [0.15, 0.2) is 0 Å². The summed E-state index contributed by atoms with van der Waals surface area (Å²) >= 11 is 2.92. The normalized spacial score (nSPS) is 13.5. The maximum atomic E-state index is 13.3. The Morgan fingerprint density at radius 3 is 2.47 bits per heavy atom. The fourth-order valence-corrected chi connectivity index (χ4v) is 1.74. The van der Waals surface area contributed by atoms with E-state index in [1.165, 1.54) is 6.07 Å². The molecule has 1 aromatic rings. The van der Waals surface area contributed by atoms with Gasteiger partial charge in [-0.2, -0.15) is 13.2 Å². The van der Waals surface area contributed by atoms with Gasteiger partial charge in [0.2, 0.25) is 0 Å². The summed E-state index contributed by atoms with van der Waals surface area (Å²) < 4.78 is 51.4. The van der Waals surface area contributed by atoms with Crippen LogP contribution in [0.4, 0.5) is 17.6 Å². The van der Waals surface area contributed by atoms with Crippen LogP contribution < -0.4 is 0 Å². The van der Waals surface area contributed by atoms with Gasteiger partial charge in [-0.3, -0.25) is 4.79 Å². The van der Waals surface area contributed by atoms with Gasteiger partial charge in [0.1, 0.15) is 5.82 Å². The van der Waals surface area contributed by atoms with Gasteiger partial charge in [-0.1, -0.05) is 15.9 Å². The van der Waals surface area contributed by atoms with Crippen LogP contribution in [0.15, 0.2) is 22.7 Å². The van der Waals surface area contributed by atoms with Crippen LogP contribution in [-0.2, 0) is 4.79 Å². The predicted molar refractivity (Wildman–Crippen MR) is 55.1 cm³/mol. The second-order valence-corrected chi connectivity index (χ2v) is 4.27. The van der Waals surface area contributed by atoms with E-state index in [1.807, 2.05) is 0 Å². The van der Waals surface area contributed by atoms with Crippen LogP contribution in [0.25, 0.3) is 0 Å². The van der Waals surface area contributed by atoms with E-state index >= 15 is 0 Å². The zero-order chi connectivity index (χ0) is 13.2. The van der Waals surface area contributed by atoms with E-state index in [-0.39, 0.29) is 4.47 Å². The lowest BCUT2D eigenvalue weighted by Gasteiger charge is -2.19. The third-order valence-electron chi connectivity index (χ3n) is 2.11. The first kappa shape index (κ1) is 14.0. The second-order valence-electron chi connectivity index (χ2n) is 3.36. The number of rotatable bonds is 3. The molecule has 0 aliphatic carbocycles. The van der Waals surface area contributed by atoms with Crippen molar-refractivity contribution < 1.29 is 27.5 Å². The Morgan fingerprint density at radius 2 is 2.00 bits per heavy atom. The minimum absolute atomic E-state index is 0.258. The number of carboxylic acid groups (broad SMARTS) is 1. The van der Waals surface area contributed by atoms with E-state index in [0.29, 0.717) is 0 Å². The Balaban J connectivity index is 3.21. The van der Waals surface area contributed by atoms with Crippen molar-refractivity contribution in [2.45, 2.75) is 18.5 Å². The second kappa shape index (κ2) is 5.03. The first-order valence-corrected chi connectivity index (χ1v) is 5.24. The van der Waals surface area contributed by atoms with Gasteiger partial charge < -0.3 is 5.11 Å². The molecule has 0 bridgehead atoms. The molecule has 0 fully saturated rings. The fraction of sp³-hybridized carbons (Fsp3) is 0.300. The first-order valence-electron chi connectivity index (χ1n) is 4.45. The lowest BCUT2D eigenvalue weighted by Crippen LogP contribution is -2.24. The minimum atomic E-state index is -4.81. The van der Waals surface area contributed by atoms with E-state index in [0.717, 1.165) is 12.1 Å². The minimum Gasteiger partial charge on any atom is -0.481 e. The van der Waals surface area contributed by atoms with Crippen molar-refractivity contribution in [1.82, 2.24) is 0 Å². The predicted octanol–water partition coefficient (Wildman–Crippen LogP) is 3.71. The summed E-state index contributed by atoms with van der Waals surface area (Å²) in [7, 11) is 0. The van der Waals surface area contributed by atoms with Gasteiger partial charge in [-0.15, -0.1) is 0 Å². The van der Waals surface area contributed by atoms with Gasteiger partial charge in [0.05, 0.1) is 12.3 Å². The highest BCUT2D eigenvalue weighted by atomic mass is 79.9. The summed E-state index contributed by atoms with van der Waals surface area (Å²) in [6.07, 6.45) is -6.00. The molecule has 0 saturated carbocycles. The largest absolute Gasteiger partial charge is 0.481 e. The van der Waals surface area contributed by atoms with E-state index in [2.05, 4.69) is 15.9 Å². The van der Waals surface area contributed by atoms with Crippen LogP contribution in [-0.4, -0.2) is 17.3 Å². The molecule has 94 valence electrons. The molecule has 0 heterocycles. The van der Waals surface area contributed by atoms with Crippen LogP contribution in [0.3, 0.4) is 0 Å². The summed E-state index contributed by atoms with van der Waals surface area (Å²) in [6, 6.07) is 3.05. The SMILES string of the molecule is O=C(O)CC(c1cc(Br)ccc1F)C(F)(F)F. The average molecular weight is 315 g/mol. The third kappa shape index (κ3) is 3.69. The summed E-state index contributed by atoms with van der Waals surface area (Å²) in [4.78, 5) is 10.4. The van der Waals surface area contributed by atoms with Gasteiger partial charge >= 0.3 is 12.1 Å². The lowest BCUT2D eigenvalue weighted by atomic mass is 9.94. The molecule has 1 atom stereocenters. The third-order valence-corrected chi connectivity index (χ3v) is 2.60. The number of aliphatic carboxylic acids is 1. The molecule has 0 saturated heterocycles.